The van der Waals surface area contributed by atoms with Crippen molar-refractivity contribution in [2.24, 2.45) is 0 Å². The minimum absolute atomic E-state index is 0.656. The smallest absolute Gasteiger partial charge is 0.181 e. The molecule has 0 bridgehead atoms. The van der Waals surface area contributed by atoms with Gasteiger partial charge in [0.1, 0.15) is 0 Å². The fraction of sp³-hybridized carbons (Fsp3) is 0.600. The van der Waals surface area contributed by atoms with E-state index in [-0.39, 0.29) is 0 Å². The molecule has 0 heterocycles. The largest absolute Gasteiger partial charge is 0.323 e. The Kier molecular flexibility index (Phi) is 7.24. The average molecular weight is 262 g/mol. The van der Waals surface area contributed by atoms with Crippen molar-refractivity contribution < 1.29 is 0 Å². The Morgan fingerprint density at radius 1 is 1.17 bits per heavy atom. The highest BCUT2D eigenvalue weighted by atomic mass is 28.2. The molecule has 1 unspecified atom stereocenters. The summed E-state index contributed by atoms with van der Waals surface area (Å²) in [4.78, 5) is 5.98. The highest BCUT2D eigenvalue weighted by Crippen LogP contribution is 2.15. The molecule has 3 heteroatoms. The first-order chi connectivity index (χ1) is 8.72. The lowest BCUT2D eigenvalue weighted by molar-refractivity contribution is 0.301. The van der Waals surface area contributed by atoms with Crippen molar-refractivity contribution in [3.8, 4) is 0 Å². The Hall–Kier alpha value is -0.643. The first-order valence-electron chi connectivity index (χ1n) is 7.03. The molecule has 0 fully saturated rings. The summed E-state index contributed by atoms with van der Waals surface area (Å²) in [7, 11) is 0.706. The van der Waals surface area contributed by atoms with Gasteiger partial charge in [-0.2, -0.15) is 0 Å². The summed E-state index contributed by atoms with van der Waals surface area (Å²) in [5, 5.41) is 1.47. The third-order valence-electron chi connectivity index (χ3n) is 3.52. The number of nitrogens with one attached hydrogen (secondary N) is 1. The summed E-state index contributed by atoms with van der Waals surface area (Å²) < 4.78 is 0. The van der Waals surface area contributed by atoms with Gasteiger partial charge in [0.2, 0.25) is 0 Å². The van der Waals surface area contributed by atoms with Gasteiger partial charge in [0.15, 0.2) is 9.68 Å². The summed E-state index contributed by atoms with van der Waals surface area (Å²) in [6.45, 7) is 12.2. The SMILES string of the molecule is CCC(C)c1ccccc1[Si]NCN(CC)CC. The minimum atomic E-state index is 0.656. The van der Waals surface area contributed by atoms with E-state index >= 15 is 0 Å². The Bertz CT molecular complexity index is 337. The van der Waals surface area contributed by atoms with Crippen LogP contribution in [0.25, 0.3) is 0 Å². The van der Waals surface area contributed by atoms with Crippen molar-refractivity contribution in [1.82, 2.24) is 9.88 Å². The second-order valence-electron chi connectivity index (χ2n) is 4.66. The molecule has 0 aromatic heterocycles. The van der Waals surface area contributed by atoms with E-state index in [1.807, 2.05) is 0 Å². The van der Waals surface area contributed by atoms with Gasteiger partial charge in [0.25, 0.3) is 0 Å². The fourth-order valence-corrected chi connectivity index (χ4v) is 3.10. The summed E-state index contributed by atoms with van der Waals surface area (Å²) in [5.41, 5.74) is 1.50. The van der Waals surface area contributed by atoms with E-state index in [0.29, 0.717) is 15.6 Å². The molecule has 0 aliphatic rings. The average Bonchev–Trinajstić information content (AvgIpc) is 2.43. The lowest BCUT2D eigenvalue weighted by Crippen LogP contribution is -2.41. The van der Waals surface area contributed by atoms with Gasteiger partial charge in [-0.3, -0.25) is 4.90 Å². The van der Waals surface area contributed by atoms with Crippen LogP contribution >= 0.6 is 0 Å². The van der Waals surface area contributed by atoms with Gasteiger partial charge in [-0.15, -0.1) is 0 Å². The van der Waals surface area contributed by atoms with Gasteiger partial charge in [-0.25, -0.2) is 0 Å². The molecule has 0 amide bonds. The molecule has 0 saturated heterocycles. The maximum Gasteiger partial charge on any atom is 0.181 e. The highest BCUT2D eigenvalue weighted by molar-refractivity contribution is 6.51. The summed E-state index contributed by atoms with van der Waals surface area (Å²) in [6, 6.07) is 8.83. The molecule has 2 radical (unpaired) electrons. The van der Waals surface area contributed by atoms with Crippen LogP contribution in [0.5, 0.6) is 0 Å². The molecule has 1 atom stereocenters. The van der Waals surface area contributed by atoms with Gasteiger partial charge in [0.05, 0.1) is 0 Å². The van der Waals surface area contributed by atoms with Crippen LogP contribution in [0.2, 0.25) is 0 Å². The lowest BCUT2D eigenvalue weighted by Gasteiger charge is -2.19. The molecule has 1 aromatic carbocycles. The monoisotopic (exact) mass is 262 g/mol. The van der Waals surface area contributed by atoms with Crippen molar-refractivity contribution in [3.63, 3.8) is 0 Å². The lowest BCUT2D eigenvalue weighted by atomic mass is 9.99. The highest BCUT2D eigenvalue weighted by Gasteiger charge is 2.09. The van der Waals surface area contributed by atoms with Gasteiger partial charge < -0.3 is 4.98 Å². The van der Waals surface area contributed by atoms with E-state index < -0.39 is 0 Å². The van der Waals surface area contributed by atoms with Crippen LogP contribution in [-0.2, 0) is 0 Å². The molecule has 1 aromatic rings. The number of nitrogens with zero attached hydrogens (tertiary/aromatic N) is 1. The second-order valence-corrected chi connectivity index (χ2v) is 5.80. The molecule has 100 valence electrons. The molecule has 1 N–H and O–H groups in total. The Morgan fingerprint density at radius 2 is 1.83 bits per heavy atom. The summed E-state index contributed by atoms with van der Waals surface area (Å²) in [5.74, 6) is 0.656. The molecular weight excluding hydrogens is 236 g/mol. The molecule has 0 aliphatic carbocycles. The first kappa shape index (κ1) is 15.4. The van der Waals surface area contributed by atoms with Crippen LogP contribution < -0.4 is 10.2 Å². The molecule has 1 rings (SSSR count). The number of benzene rings is 1. The third-order valence-corrected chi connectivity index (χ3v) is 4.58. The topological polar surface area (TPSA) is 15.3 Å². The van der Waals surface area contributed by atoms with Crippen molar-refractivity contribution in [1.29, 1.82) is 0 Å². The Morgan fingerprint density at radius 3 is 2.44 bits per heavy atom. The minimum Gasteiger partial charge on any atom is -0.323 e. The van der Waals surface area contributed by atoms with Gasteiger partial charge >= 0.3 is 0 Å². The van der Waals surface area contributed by atoms with E-state index in [2.05, 4.69) is 61.8 Å². The summed E-state index contributed by atoms with van der Waals surface area (Å²) in [6.07, 6.45) is 1.21. The van der Waals surface area contributed by atoms with E-state index in [1.54, 1.807) is 0 Å². The number of rotatable bonds is 8. The van der Waals surface area contributed by atoms with E-state index in [1.165, 1.54) is 17.2 Å². The van der Waals surface area contributed by atoms with Crippen molar-refractivity contribution >= 4 is 14.9 Å². The fourth-order valence-electron chi connectivity index (χ4n) is 1.95. The predicted octanol–water partition coefficient (Wildman–Crippen LogP) is 2.33. The number of hydrogen-bond acceptors (Lipinski definition) is 2. The molecule has 0 saturated carbocycles. The molecule has 18 heavy (non-hydrogen) atoms. The first-order valence-corrected chi connectivity index (χ1v) is 8.03. The summed E-state index contributed by atoms with van der Waals surface area (Å²) >= 11 is 0. The van der Waals surface area contributed by atoms with Crippen LogP contribution in [0.3, 0.4) is 0 Å². The molecular formula is C15H26N2Si. The Balaban J connectivity index is 2.56. The predicted molar refractivity (Wildman–Crippen MR) is 81.5 cm³/mol. The van der Waals surface area contributed by atoms with Crippen molar-refractivity contribution in [2.45, 2.75) is 40.0 Å². The Labute approximate surface area is 115 Å². The molecule has 0 spiro atoms. The van der Waals surface area contributed by atoms with Crippen molar-refractivity contribution in [2.75, 3.05) is 19.8 Å². The van der Waals surface area contributed by atoms with Gasteiger partial charge in [-0.1, -0.05) is 52.0 Å². The van der Waals surface area contributed by atoms with Crippen molar-refractivity contribution in [3.05, 3.63) is 29.8 Å². The zero-order valence-corrected chi connectivity index (χ0v) is 13.2. The second kappa shape index (κ2) is 8.46. The maximum atomic E-state index is 3.58. The van der Waals surface area contributed by atoms with Crippen LogP contribution in [-0.4, -0.2) is 34.3 Å². The van der Waals surface area contributed by atoms with Gasteiger partial charge in [-0.05, 0) is 36.2 Å². The normalized spacial score (nSPS) is 12.9. The zero-order chi connectivity index (χ0) is 13.4. The van der Waals surface area contributed by atoms with Crippen LogP contribution in [0.15, 0.2) is 24.3 Å². The van der Waals surface area contributed by atoms with E-state index in [9.17, 15) is 0 Å². The van der Waals surface area contributed by atoms with E-state index in [0.717, 1.165) is 19.8 Å². The van der Waals surface area contributed by atoms with Crippen LogP contribution in [0.1, 0.15) is 45.6 Å². The van der Waals surface area contributed by atoms with Crippen LogP contribution in [0.4, 0.5) is 0 Å². The molecule has 0 aliphatic heterocycles. The van der Waals surface area contributed by atoms with E-state index in [4.69, 9.17) is 0 Å². The van der Waals surface area contributed by atoms with Crippen LogP contribution in [0, 0.1) is 0 Å². The third kappa shape index (κ3) is 4.56. The standard InChI is InChI=1S/C15H26N2Si/c1-5-13(4)14-10-8-9-11-15(14)18-16-12-17(6-2)7-3/h8-11,13,16H,5-7,12H2,1-4H3. The maximum absolute atomic E-state index is 3.58. The molecule has 2 nitrogen and oxygen atoms in total. The zero-order valence-electron chi connectivity index (χ0n) is 12.2. The van der Waals surface area contributed by atoms with Gasteiger partial charge in [0, 0.05) is 6.67 Å². The number of hydrogen-bond donors (Lipinski definition) is 1. The quantitative estimate of drug-likeness (QED) is 0.571.